The van der Waals surface area contributed by atoms with E-state index >= 15 is 0 Å². The van der Waals surface area contributed by atoms with Gasteiger partial charge in [-0.05, 0) is 29.8 Å². The number of nitrogens with one attached hydrogen (secondary N) is 2. The van der Waals surface area contributed by atoms with E-state index in [2.05, 4.69) is 15.6 Å². The van der Waals surface area contributed by atoms with Crippen molar-refractivity contribution in [3.63, 3.8) is 0 Å². The minimum absolute atomic E-state index is 0.152. The summed E-state index contributed by atoms with van der Waals surface area (Å²) in [5, 5.41) is 5.36. The molecule has 0 spiro atoms. The molecule has 0 bridgehead atoms. The number of hydrogen-bond donors (Lipinski definition) is 2. The molecule has 1 aromatic heterocycles. The number of oxazole rings is 1. The van der Waals surface area contributed by atoms with Crippen molar-refractivity contribution in [3.05, 3.63) is 77.6 Å². The van der Waals surface area contributed by atoms with Crippen LogP contribution in [0.15, 0.2) is 59.1 Å². The van der Waals surface area contributed by atoms with Gasteiger partial charge in [0.25, 0.3) is 5.91 Å². The molecular weight excluding hydrogens is 361 g/mol. The van der Waals surface area contributed by atoms with E-state index in [1.165, 1.54) is 12.3 Å². The molecule has 0 atom stereocenters. The highest BCUT2D eigenvalue weighted by Crippen LogP contribution is 2.23. The number of hydrogen-bond acceptors (Lipinski definition) is 4. The SMILES string of the molecule is CNC(=O)c1ccc(CNC(=O)CCc2ncc(-c3ccccc3F)o2)cc1. The summed E-state index contributed by atoms with van der Waals surface area (Å²) < 4.78 is 19.3. The van der Waals surface area contributed by atoms with Crippen molar-refractivity contribution in [3.8, 4) is 11.3 Å². The minimum atomic E-state index is -0.384. The van der Waals surface area contributed by atoms with Crippen molar-refractivity contribution in [1.29, 1.82) is 0 Å². The minimum Gasteiger partial charge on any atom is -0.441 e. The average Bonchev–Trinajstić information content (AvgIpc) is 3.19. The summed E-state index contributed by atoms with van der Waals surface area (Å²) in [7, 11) is 1.57. The predicted molar refractivity (Wildman–Crippen MR) is 102 cm³/mol. The van der Waals surface area contributed by atoms with E-state index in [-0.39, 0.29) is 24.1 Å². The number of benzene rings is 2. The molecule has 6 nitrogen and oxygen atoms in total. The quantitative estimate of drug-likeness (QED) is 0.659. The Hall–Kier alpha value is -3.48. The van der Waals surface area contributed by atoms with Gasteiger partial charge in [-0.25, -0.2) is 9.37 Å². The molecule has 0 aliphatic rings. The van der Waals surface area contributed by atoms with Crippen molar-refractivity contribution in [1.82, 2.24) is 15.6 Å². The van der Waals surface area contributed by atoms with Gasteiger partial charge in [0.1, 0.15) is 5.82 Å². The zero-order chi connectivity index (χ0) is 19.9. The standard InChI is InChI=1S/C21H20FN3O3/c1-23-21(27)15-8-6-14(7-9-15)12-24-19(26)10-11-20-25-13-18(28-20)16-4-2-3-5-17(16)22/h2-9,13H,10-12H2,1H3,(H,23,27)(H,24,26). The maximum Gasteiger partial charge on any atom is 0.251 e. The van der Waals surface area contributed by atoms with E-state index in [9.17, 15) is 14.0 Å². The largest absolute Gasteiger partial charge is 0.441 e. The second-order valence-corrected chi connectivity index (χ2v) is 6.15. The van der Waals surface area contributed by atoms with Crippen LogP contribution in [0.1, 0.15) is 28.2 Å². The number of amides is 2. The monoisotopic (exact) mass is 381 g/mol. The Morgan fingerprint density at radius 2 is 1.86 bits per heavy atom. The van der Waals surface area contributed by atoms with Crippen LogP contribution in [0.4, 0.5) is 4.39 Å². The number of halogens is 1. The zero-order valence-corrected chi connectivity index (χ0v) is 15.4. The van der Waals surface area contributed by atoms with Crippen LogP contribution in [0.5, 0.6) is 0 Å². The molecule has 3 aromatic rings. The Kier molecular flexibility index (Phi) is 6.16. The van der Waals surface area contributed by atoms with E-state index in [0.29, 0.717) is 35.7 Å². The maximum atomic E-state index is 13.8. The van der Waals surface area contributed by atoms with Crippen molar-refractivity contribution < 1.29 is 18.4 Å². The lowest BCUT2D eigenvalue weighted by atomic mass is 10.1. The van der Waals surface area contributed by atoms with Gasteiger partial charge in [0.2, 0.25) is 5.91 Å². The number of carbonyl (C=O) groups is 2. The van der Waals surface area contributed by atoms with Crippen molar-refractivity contribution in [2.45, 2.75) is 19.4 Å². The van der Waals surface area contributed by atoms with Gasteiger partial charge in [0.05, 0.1) is 11.8 Å². The molecule has 0 saturated heterocycles. The van der Waals surface area contributed by atoms with Crippen LogP contribution < -0.4 is 10.6 Å². The van der Waals surface area contributed by atoms with Gasteiger partial charge in [0, 0.05) is 32.0 Å². The van der Waals surface area contributed by atoms with Crippen LogP contribution in [-0.4, -0.2) is 23.8 Å². The van der Waals surface area contributed by atoms with Crippen molar-refractivity contribution in [2.24, 2.45) is 0 Å². The van der Waals surface area contributed by atoms with Gasteiger partial charge in [-0.3, -0.25) is 9.59 Å². The summed E-state index contributed by atoms with van der Waals surface area (Å²) >= 11 is 0. The highest BCUT2D eigenvalue weighted by molar-refractivity contribution is 5.93. The molecule has 7 heteroatoms. The lowest BCUT2D eigenvalue weighted by Gasteiger charge is -2.06. The summed E-state index contributed by atoms with van der Waals surface area (Å²) in [4.78, 5) is 27.6. The zero-order valence-electron chi connectivity index (χ0n) is 15.4. The molecule has 0 saturated carbocycles. The highest BCUT2D eigenvalue weighted by Gasteiger charge is 2.12. The van der Waals surface area contributed by atoms with Gasteiger partial charge in [-0.15, -0.1) is 0 Å². The maximum absolute atomic E-state index is 13.8. The van der Waals surface area contributed by atoms with Gasteiger partial charge < -0.3 is 15.1 Å². The average molecular weight is 381 g/mol. The normalized spacial score (nSPS) is 10.5. The second-order valence-electron chi connectivity index (χ2n) is 6.15. The van der Waals surface area contributed by atoms with E-state index in [1.807, 2.05) is 0 Å². The van der Waals surface area contributed by atoms with Crippen LogP contribution >= 0.6 is 0 Å². The summed E-state index contributed by atoms with van der Waals surface area (Å²) in [6.45, 7) is 0.360. The fourth-order valence-corrected chi connectivity index (χ4v) is 2.64. The number of nitrogens with zero attached hydrogens (tertiary/aromatic N) is 1. The van der Waals surface area contributed by atoms with E-state index < -0.39 is 0 Å². The third kappa shape index (κ3) is 4.82. The fraction of sp³-hybridized carbons (Fsp3) is 0.190. The number of carbonyl (C=O) groups excluding carboxylic acids is 2. The topological polar surface area (TPSA) is 84.2 Å². The van der Waals surface area contributed by atoms with Crippen LogP contribution in [0.25, 0.3) is 11.3 Å². The molecule has 1 heterocycles. The number of aryl methyl sites for hydroxylation is 1. The van der Waals surface area contributed by atoms with Crippen LogP contribution in [0.2, 0.25) is 0 Å². The van der Waals surface area contributed by atoms with Gasteiger partial charge in [0.15, 0.2) is 11.7 Å². The molecule has 28 heavy (non-hydrogen) atoms. The van der Waals surface area contributed by atoms with Crippen molar-refractivity contribution >= 4 is 11.8 Å². The summed E-state index contributed by atoms with van der Waals surface area (Å²) in [5.74, 6) is 0.0238. The Balaban J connectivity index is 1.48. The fourth-order valence-electron chi connectivity index (χ4n) is 2.64. The first-order chi connectivity index (χ1) is 13.6. The summed E-state index contributed by atoms with van der Waals surface area (Å²) in [5.41, 5.74) is 1.79. The van der Waals surface area contributed by atoms with Gasteiger partial charge in [-0.1, -0.05) is 24.3 Å². The third-order valence-electron chi connectivity index (χ3n) is 4.19. The molecule has 2 N–H and O–H groups in total. The highest BCUT2D eigenvalue weighted by atomic mass is 19.1. The molecule has 2 amide bonds. The Morgan fingerprint density at radius 1 is 1.11 bits per heavy atom. The van der Waals surface area contributed by atoms with Crippen LogP contribution in [0, 0.1) is 5.82 Å². The molecule has 144 valence electrons. The first-order valence-corrected chi connectivity index (χ1v) is 8.84. The molecule has 0 aliphatic heterocycles. The van der Waals surface area contributed by atoms with Gasteiger partial charge >= 0.3 is 0 Å². The third-order valence-corrected chi connectivity index (χ3v) is 4.19. The van der Waals surface area contributed by atoms with Crippen molar-refractivity contribution in [2.75, 3.05) is 7.05 Å². The number of aromatic nitrogens is 1. The van der Waals surface area contributed by atoms with Crippen LogP contribution in [-0.2, 0) is 17.8 Å². The van der Waals surface area contributed by atoms with Crippen LogP contribution in [0.3, 0.4) is 0 Å². The number of rotatable bonds is 7. The smallest absolute Gasteiger partial charge is 0.251 e. The summed E-state index contributed by atoms with van der Waals surface area (Å²) in [6, 6.07) is 13.3. The molecule has 0 radical (unpaired) electrons. The van der Waals surface area contributed by atoms with E-state index in [4.69, 9.17) is 4.42 Å². The molecule has 0 aliphatic carbocycles. The Morgan fingerprint density at radius 3 is 2.57 bits per heavy atom. The second kappa shape index (κ2) is 8.94. The molecule has 0 unspecified atom stereocenters. The molecule has 3 rings (SSSR count). The lowest BCUT2D eigenvalue weighted by molar-refractivity contribution is -0.121. The van der Waals surface area contributed by atoms with E-state index in [0.717, 1.165) is 5.56 Å². The predicted octanol–water partition coefficient (Wildman–Crippen LogP) is 3.09. The summed E-state index contributed by atoms with van der Waals surface area (Å²) in [6.07, 6.45) is 1.98. The van der Waals surface area contributed by atoms with E-state index in [1.54, 1.807) is 49.5 Å². The van der Waals surface area contributed by atoms with Gasteiger partial charge in [-0.2, -0.15) is 0 Å². The lowest BCUT2D eigenvalue weighted by Crippen LogP contribution is -2.23. The molecule has 0 fully saturated rings. The molecule has 2 aromatic carbocycles. The first kappa shape index (κ1) is 19.3. The molecular formula is C21H20FN3O3. The first-order valence-electron chi connectivity index (χ1n) is 8.84. The Bertz CT molecular complexity index is 967. The Labute approximate surface area is 161 Å².